The minimum atomic E-state index is 0.496. The fourth-order valence-corrected chi connectivity index (χ4v) is 3.53. The Bertz CT molecular complexity index is 708. The van der Waals surface area contributed by atoms with Crippen molar-refractivity contribution in [1.82, 2.24) is 20.8 Å². The SMILES string of the molecule is CCNCCNCc1onc(C2=CCC(P)C=C2)c1-c1nccs1. The van der Waals surface area contributed by atoms with Crippen LogP contribution in [0.25, 0.3) is 16.1 Å². The second kappa shape index (κ2) is 8.67. The Balaban J connectivity index is 1.81. The van der Waals surface area contributed by atoms with Crippen molar-refractivity contribution in [3.05, 3.63) is 41.3 Å². The van der Waals surface area contributed by atoms with Gasteiger partial charge in [-0.05, 0) is 18.6 Å². The molecule has 0 aromatic carbocycles. The zero-order valence-corrected chi connectivity index (χ0v) is 15.8. The van der Waals surface area contributed by atoms with E-state index in [2.05, 4.69) is 55.2 Å². The van der Waals surface area contributed by atoms with Crippen LogP contribution in [0.4, 0.5) is 0 Å². The summed E-state index contributed by atoms with van der Waals surface area (Å²) < 4.78 is 5.66. The molecule has 7 heteroatoms. The summed E-state index contributed by atoms with van der Waals surface area (Å²) in [5.41, 5.74) is 3.51. The van der Waals surface area contributed by atoms with Crippen molar-refractivity contribution < 1.29 is 4.52 Å². The van der Waals surface area contributed by atoms with Gasteiger partial charge in [-0.1, -0.05) is 30.3 Å². The topological polar surface area (TPSA) is 63.0 Å². The third-order valence-electron chi connectivity index (χ3n) is 3.83. The average Bonchev–Trinajstić information content (AvgIpc) is 3.24. The first-order valence-electron chi connectivity index (χ1n) is 8.23. The Morgan fingerprint density at radius 3 is 2.96 bits per heavy atom. The van der Waals surface area contributed by atoms with Crippen LogP contribution in [0.3, 0.4) is 0 Å². The van der Waals surface area contributed by atoms with Crippen molar-refractivity contribution in [2.24, 2.45) is 0 Å². The van der Waals surface area contributed by atoms with Crippen molar-refractivity contribution >= 4 is 26.1 Å². The number of hydrogen-bond donors (Lipinski definition) is 2. The van der Waals surface area contributed by atoms with Gasteiger partial charge >= 0.3 is 0 Å². The van der Waals surface area contributed by atoms with E-state index in [0.717, 1.165) is 53.7 Å². The van der Waals surface area contributed by atoms with Crippen LogP contribution in [0.1, 0.15) is 24.8 Å². The molecule has 0 fully saturated rings. The highest BCUT2D eigenvalue weighted by atomic mass is 32.1. The maximum absolute atomic E-state index is 5.66. The van der Waals surface area contributed by atoms with Crippen LogP contribution >= 0.6 is 20.6 Å². The molecule has 0 aliphatic heterocycles. The van der Waals surface area contributed by atoms with Gasteiger partial charge in [0, 0.05) is 30.2 Å². The summed E-state index contributed by atoms with van der Waals surface area (Å²) in [5, 5.41) is 14.0. The van der Waals surface area contributed by atoms with Gasteiger partial charge in [0.25, 0.3) is 0 Å². The summed E-state index contributed by atoms with van der Waals surface area (Å²) in [6, 6.07) is 0. The van der Waals surface area contributed by atoms with Crippen LogP contribution in [0.5, 0.6) is 0 Å². The van der Waals surface area contributed by atoms with Gasteiger partial charge in [-0.15, -0.1) is 20.6 Å². The molecule has 1 aliphatic rings. The van der Waals surface area contributed by atoms with Crippen LogP contribution < -0.4 is 10.6 Å². The fourth-order valence-electron chi connectivity index (χ4n) is 2.58. The van der Waals surface area contributed by atoms with E-state index in [-0.39, 0.29) is 0 Å². The largest absolute Gasteiger partial charge is 0.359 e. The molecule has 3 rings (SSSR count). The number of allylic oxidation sites excluding steroid dienone is 4. The van der Waals surface area contributed by atoms with Crippen molar-refractivity contribution in [1.29, 1.82) is 0 Å². The van der Waals surface area contributed by atoms with E-state index in [4.69, 9.17) is 4.52 Å². The predicted molar refractivity (Wildman–Crippen MR) is 103 cm³/mol. The molecule has 0 spiro atoms. The first-order chi connectivity index (χ1) is 11.8. The number of hydrogen-bond acceptors (Lipinski definition) is 6. The molecule has 128 valence electrons. The summed E-state index contributed by atoms with van der Waals surface area (Å²) in [4.78, 5) is 4.47. The van der Waals surface area contributed by atoms with Gasteiger partial charge in [-0.25, -0.2) is 4.98 Å². The van der Waals surface area contributed by atoms with Crippen LogP contribution in [-0.4, -0.2) is 35.4 Å². The Hall–Kier alpha value is -1.33. The molecule has 2 aromatic rings. The number of thiazole rings is 1. The van der Waals surface area contributed by atoms with Gasteiger partial charge in [-0.3, -0.25) is 0 Å². The third kappa shape index (κ3) is 4.19. The first kappa shape index (κ1) is 17.5. The van der Waals surface area contributed by atoms with Crippen molar-refractivity contribution in [2.75, 3.05) is 19.6 Å². The van der Waals surface area contributed by atoms with E-state index in [1.807, 2.05) is 11.6 Å². The molecule has 2 unspecified atom stereocenters. The summed E-state index contributed by atoms with van der Waals surface area (Å²) in [6.45, 7) is 5.56. The minimum absolute atomic E-state index is 0.496. The monoisotopic (exact) mass is 362 g/mol. The molecule has 0 amide bonds. The van der Waals surface area contributed by atoms with Crippen molar-refractivity contribution in [3.63, 3.8) is 0 Å². The van der Waals surface area contributed by atoms with Gasteiger partial charge in [0.05, 0.1) is 12.1 Å². The van der Waals surface area contributed by atoms with Gasteiger partial charge < -0.3 is 15.2 Å². The van der Waals surface area contributed by atoms with E-state index in [9.17, 15) is 0 Å². The standard InChI is InChI=1S/C17H23N4OPS/c1-2-18-7-8-19-11-14-15(17-20-9-10-24-17)16(21-22-14)12-3-5-13(23)6-4-12/h3-5,9-10,13,18-19H,2,6-8,11,23H2,1H3. The van der Waals surface area contributed by atoms with Crippen LogP contribution in [-0.2, 0) is 6.54 Å². The molecule has 2 atom stereocenters. The number of aromatic nitrogens is 2. The van der Waals surface area contributed by atoms with Crippen LogP contribution in [0.15, 0.2) is 34.3 Å². The molecule has 2 aromatic heterocycles. The third-order valence-corrected chi connectivity index (χ3v) is 5.11. The summed E-state index contributed by atoms with van der Waals surface area (Å²) >= 11 is 1.61. The van der Waals surface area contributed by atoms with Gasteiger partial charge in [0.15, 0.2) is 5.76 Å². The lowest BCUT2D eigenvalue weighted by Crippen LogP contribution is -2.26. The van der Waals surface area contributed by atoms with E-state index in [0.29, 0.717) is 12.2 Å². The lowest BCUT2D eigenvalue weighted by atomic mass is 10.0. The zero-order chi connectivity index (χ0) is 16.8. The molecule has 2 N–H and O–H groups in total. The molecule has 24 heavy (non-hydrogen) atoms. The highest BCUT2D eigenvalue weighted by Gasteiger charge is 2.22. The molecule has 2 heterocycles. The molecule has 0 saturated heterocycles. The normalized spacial score (nSPS) is 17.2. The molecule has 0 radical (unpaired) electrons. The average molecular weight is 362 g/mol. The molecule has 0 bridgehead atoms. The molecule has 1 aliphatic carbocycles. The summed E-state index contributed by atoms with van der Waals surface area (Å²) in [5.74, 6) is 0.846. The predicted octanol–water partition coefficient (Wildman–Crippen LogP) is 3.08. The number of likely N-dealkylation sites (N-methyl/N-ethyl adjacent to an activating group) is 1. The Morgan fingerprint density at radius 2 is 2.25 bits per heavy atom. The van der Waals surface area contributed by atoms with Crippen LogP contribution in [0.2, 0.25) is 0 Å². The second-order valence-electron chi connectivity index (χ2n) is 5.62. The number of rotatable bonds is 8. The molecular formula is C17H23N4OPS. The van der Waals surface area contributed by atoms with E-state index < -0.39 is 0 Å². The highest BCUT2D eigenvalue weighted by Crippen LogP contribution is 2.35. The smallest absolute Gasteiger partial charge is 0.161 e. The Morgan fingerprint density at radius 1 is 1.38 bits per heavy atom. The van der Waals surface area contributed by atoms with E-state index >= 15 is 0 Å². The second-order valence-corrected chi connectivity index (χ2v) is 7.37. The fraction of sp³-hybridized carbons (Fsp3) is 0.412. The quantitative estimate of drug-likeness (QED) is 0.558. The molecule has 0 saturated carbocycles. The maximum Gasteiger partial charge on any atom is 0.161 e. The van der Waals surface area contributed by atoms with E-state index in [1.54, 1.807) is 11.3 Å². The van der Waals surface area contributed by atoms with E-state index in [1.165, 1.54) is 0 Å². The summed E-state index contributed by atoms with van der Waals surface area (Å²) in [6.07, 6.45) is 9.35. The van der Waals surface area contributed by atoms with Crippen molar-refractivity contribution in [2.45, 2.75) is 25.5 Å². The lowest BCUT2D eigenvalue weighted by Gasteiger charge is -2.10. The Labute approximate surface area is 148 Å². The lowest BCUT2D eigenvalue weighted by molar-refractivity contribution is 0.372. The number of nitrogens with one attached hydrogen (secondary N) is 2. The van der Waals surface area contributed by atoms with Gasteiger partial charge in [-0.2, -0.15) is 0 Å². The highest BCUT2D eigenvalue weighted by molar-refractivity contribution is 7.18. The minimum Gasteiger partial charge on any atom is -0.359 e. The maximum atomic E-state index is 5.66. The van der Waals surface area contributed by atoms with Gasteiger partial charge in [0.2, 0.25) is 0 Å². The first-order valence-corrected chi connectivity index (χ1v) is 9.78. The molecule has 5 nitrogen and oxygen atoms in total. The van der Waals surface area contributed by atoms with Gasteiger partial charge in [0.1, 0.15) is 10.7 Å². The zero-order valence-electron chi connectivity index (χ0n) is 13.8. The Kier molecular flexibility index (Phi) is 6.32. The van der Waals surface area contributed by atoms with Crippen molar-refractivity contribution in [3.8, 4) is 10.6 Å². The van der Waals surface area contributed by atoms with Crippen LogP contribution in [0, 0.1) is 0 Å². The summed E-state index contributed by atoms with van der Waals surface area (Å²) in [7, 11) is 2.83. The molecular weight excluding hydrogens is 339 g/mol. The number of nitrogens with zero attached hydrogens (tertiary/aromatic N) is 2.